The van der Waals surface area contributed by atoms with Gasteiger partial charge in [-0.05, 0) is 0 Å². The molecule has 0 N–H and O–H groups in total. The summed E-state index contributed by atoms with van der Waals surface area (Å²) in [5, 5.41) is 0. The Morgan fingerprint density at radius 3 is 2.00 bits per heavy atom. The summed E-state index contributed by atoms with van der Waals surface area (Å²) in [6.45, 7) is 5.33. The minimum atomic E-state index is 0. The molecule has 0 saturated heterocycles. The van der Waals surface area contributed by atoms with Crippen LogP contribution >= 0.6 is 11.6 Å². The van der Waals surface area contributed by atoms with Gasteiger partial charge in [0.05, 0.1) is 0 Å². The standard InChI is InChI=1S/C4H6Cl.Li/c1-4(2)3-5;/h3H,1H2,2H3;/q-1;+1. The normalized spacial score (nSPS) is 5.67. The van der Waals surface area contributed by atoms with E-state index in [1.165, 1.54) is 5.88 Å². The van der Waals surface area contributed by atoms with Gasteiger partial charge in [0.25, 0.3) is 0 Å². The van der Waals surface area contributed by atoms with E-state index in [1.807, 2.05) is 6.92 Å². The molecule has 0 heterocycles. The van der Waals surface area contributed by atoms with Crippen LogP contribution in [0.5, 0.6) is 0 Å². The van der Waals surface area contributed by atoms with Crippen LogP contribution in [0.4, 0.5) is 0 Å². The SMILES string of the molecule is C=C(C)[CH-]Cl.[Li+]. The maximum absolute atomic E-state index is 5.11. The van der Waals surface area contributed by atoms with Crippen LogP contribution in [0.25, 0.3) is 0 Å². The Balaban J connectivity index is 0. The Morgan fingerprint density at radius 1 is 1.83 bits per heavy atom. The van der Waals surface area contributed by atoms with E-state index in [2.05, 4.69) is 6.58 Å². The molecule has 0 bridgehead atoms. The van der Waals surface area contributed by atoms with Crippen molar-refractivity contribution in [2.45, 2.75) is 6.92 Å². The molecule has 0 aliphatic heterocycles. The fourth-order valence-electron chi connectivity index (χ4n) is 0. The van der Waals surface area contributed by atoms with Crippen molar-refractivity contribution in [3.8, 4) is 0 Å². The van der Waals surface area contributed by atoms with Crippen molar-refractivity contribution < 1.29 is 18.9 Å². The zero-order valence-corrected chi connectivity index (χ0v) is 4.92. The van der Waals surface area contributed by atoms with Crippen molar-refractivity contribution in [3.05, 3.63) is 18.0 Å². The summed E-state index contributed by atoms with van der Waals surface area (Å²) >= 11 is 5.11. The average molecular weight is 96.5 g/mol. The Hall–Kier alpha value is 0.497. The number of halogens is 1. The van der Waals surface area contributed by atoms with Crippen LogP contribution in [0.3, 0.4) is 0 Å². The molecular weight excluding hydrogens is 90.4 g/mol. The fraction of sp³-hybridized carbons (Fsp3) is 0.250. The summed E-state index contributed by atoms with van der Waals surface area (Å²) < 4.78 is 0. The van der Waals surface area contributed by atoms with Crippen molar-refractivity contribution in [2.75, 3.05) is 0 Å². The molecule has 0 amide bonds. The summed E-state index contributed by atoms with van der Waals surface area (Å²) in [6.07, 6.45) is 0. The van der Waals surface area contributed by atoms with Gasteiger partial charge in [0.1, 0.15) is 0 Å². The van der Waals surface area contributed by atoms with Crippen LogP contribution in [0, 0.1) is 5.88 Å². The number of allylic oxidation sites excluding steroid dienone is 1. The topological polar surface area (TPSA) is 0 Å². The molecule has 0 aromatic heterocycles. The average Bonchev–Trinajstić information content (AvgIpc) is 1.38. The van der Waals surface area contributed by atoms with Gasteiger partial charge in [0.15, 0.2) is 0 Å². The molecule has 0 radical (unpaired) electrons. The van der Waals surface area contributed by atoms with Crippen LogP contribution in [-0.2, 0) is 0 Å². The van der Waals surface area contributed by atoms with Gasteiger partial charge in [-0.1, -0.05) is 6.92 Å². The number of rotatable bonds is 1. The molecule has 0 fully saturated rings. The van der Waals surface area contributed by atoms with Gasteiger partial charge in [-0.25, -0.2) is 23.8 Å². The Morgan fingerprint density at radius 2 is 2.00 bits per heavy atom. The van der Waals surface area contributed by atoms with E-state index >= 15 is 0 Å². The molecule has 0 nitrogen and oxygen atoms in total. The largest absolute Gasteiger partial charge is 1.00 e. The minimum absolute atomic E-state index is 0. The van der Waals surface area contributed by atoms with Crippen molar-refractivity contribution in [1.29, 1.82) is 0 Å². The summed E-state index contributed by atoms with van der Waals surface area (Å²) in [4.78, 5) is 0. The van der Waals surface area contributed by atoms with Crippen LogP contribution < -0.4 is 18.9 Å². The fourth-order valence-corrected chi connectivity index (χ4v) is 0. The van der Waals surface area contributed by atoms with E-state index in [4.69, 9.17) is 11.6 Å². The smallest absolute Gasteiger partial charge is 0.241 e. The summed E-state index contributed by atoms with van der Waals surface area (Å²) in [5.41, 5.74) is 0.895. The molecule has 0 rings (SSSR count). The number of hydrogen-bond acceptors (Lipinski definition) is 0. The third-order valence-corrected chi connectivity index (χ3v) is 0.559. The summed E-state index contributed by atoms with van der Waals surface area (Å²) in [7, 11) is 0. The first-order valence-electron chi connectivity index (χ1n) is 1.36. The molecule has 0 aliphatic rings. The van der Waals surface area contributed by atoms with Crippen molar-refractivity contribution in [1.82, 2.24) is 0 Å². The van der Waals surface area contributed by atoms with Crippen molar-refractivity contribution >= 4 is 11.6 Å². The predicted octanol–water partition coefficient (Wildman–Crippen LogP) is -1.03. The van der Waals surface area contributed by atoms with Crippen LogP contribution in [0.15, 0.2) is 12.2 Å². The van der Waals surface area contributed by atoms with E-state index in [1.54, 1.807) is 0 Å². The maximum Gasteiger partial charge on any atom is 1.00 e. The summed E-state index contributed by atoms with van der Waals surface area (Å²) in [6, 6.07) is 0. The Bertz CT molecular complexity index is 42.8. The first-order chi connectivity index (χ1) is 2.27. The molecule has 0 spiro atoms. The van der Waals surface area contributed by atoms with E-state index in [9.17, 15) is 0 Å². The molecule has 0 atom stereocenters. The molecule has 0 saturated carbocycles. The van der Waals surface area contributed by atoms with Gasteiger partial charge < -0.3 is 0 Å². The van der Waals surface area contributed by atoms with E-state index < -0.39 is 0 Å². The van der Waals surface area contributed by atoms with E-state index in [0.717, 1.165) is 5.57 Å². The van der Waals surface area contributed by atoms with Gasteiger partial charge >= 0.3 is 18.9 Å². The zero-order chi connectivity index (χ0) is 4.28. The molecule has 0 aromatic rings. The first-order valence-corrected chi connectivity index (χ1v) is 1.80. The van der Waals surface area contributed by atoms with Crippen LogP contribution in [-0.4, -0.2) is 0 Å². The van der Waals surface area contributed by atoms with Gasteiger partial charge in [-0.3, -0.25) is 0 Å². The monoisotopic (exact) mass is 96.0 g/mol. The molecule has 0 unspecified atom stereocenters. The molecule has 0 aliphatic carbocycles. The second-order valence-electron chi connectivity index (χ2n) is 0.955. The van der Waals surface area contributed by atoms with Crippen LogP contribution in [0.1, 0.15) is 6.92 Å². The third-order valence-electron chi connectivity index (χ3n) is 0.186. The Kier molecular flexibility index (Phi) is 8.89. The van der Waals surface area contributed by atoms with Crippen molar-refractivity contribution in [2.24, 2.45) is 0 Å². The molecule has 30 valence electrons. The second-order valence-corrected chi connectivity index (χ2v) is 1.17. The zero-order valence-electron chi connectivity index (χ0n) is 4.16. The molecule has 2 heteroatoms. The number of hydrogen-bond donors (Lipinski definition) is 0. The first kappa shape index (κ1) is 9.71. The molecule has 0 aromatic carbocycles. The van der Waals surface area contributed by atoms with Crippen LogP contribution in [0.2, 0.25) is 0 Å². The second kappa shape index (κ2) is 5.50. The predicted molar refractivity (Wildman–Crippen MR) is 25.0 cm³/mol. The quantitative estimate of drug-likeness (QED) is 0.289. The summed E-state index contributed by atoms with van der Waals surface area (Å²) in [5.74, 6) is 1.44. The van der Waals surface area contributed by atoms with Gasteiger partial charge in [-0.15, -0.1) is 5.88 Å². The van der Waals surface area contributed by atoms with E-state index in [0.29, 0.717) is 0 Å². The van der Waals surface area contributed by atoms with Gasteiger partial charge in [0.2, 0.25) is 0 Å². The third kappa shape index (κ3) is 8.82. The minimum Gasteiger partial charge on any atom is -0.241 e. The maximum atomic E-state index is 5.11. The van der Waals surface area contributed by atoms with E-state index in [-0.39, 0.29) is 18.9 Å². The molecular formula is C4H6ClLi. The van der Waals surface area contributed by atoms with Crippen molar-refractivity contribution in [3.63, 3.8) is 0 Å². The van der Waals surface area contributed by atoms with Gasteiger partial charge in [-0.2, -0.15) is 0 Å². The Labute approximate surface area is 55.7 Å². The molecule has 6 heavy (non-hydrogen) atoms. The van der Waals surface area contributed by atoms with Gasteiger partial charge in [0, 0.05) is 0 Å².